The first-order valence-corrected chi connectivity index (χ1v) is 7.84. The van der Waals surface area contributed by atoms with E-state index in [0.29, 0.717) is 15.6 Å². The maximum absolute atomic E-state index is 13.0. The molecule has 2 amide bonds. The minimum Gasteiger partial charge on any atom is -0.459 e. The predicted molar refractivity (Wildman–Crippen MR) is 90.1 cm³/mol. The Labute approximate surface area is 141 Å². The molecule has 7 heteroatoms. The Kier molecular flexibility index (Phi) is 4.43. The van der Waals surface area contributed by atoms with Crippen LogP contribution in [0.1, 0.15) is 20.2 Å². The van der Waals surface area contributed by atoms with Gasteiger partial charge in [0, 0.05) is 12.7 Å². The van der Waals surface area contributed by atoms with Crippen molar-refractivity contribution in [3.63, 3.8) is 0 Å². The number of nitrogens with zero attached hydrogens (tertiary/aromatic N) is 1. The van der Waals surface area contributed by atoms with Gasteiger partial charge in [-0.1, -0.05) is 0 Å². The zero-order chi connectivity index (χ0) is 17.1. The molecule has 0 aliphatic rings. The summed E-state index contributed by atoms with van der Waals surface area (Å²) in [6.07, 6.45) is 1.41. The van der Waals surface area contributed by atoms with E-state index in [1.165, 1.54) is 35.4 Å². The summed E-state index contributed by atoms with van der Waals surface area (Å²) in [5, 5.41) is 3.21. The fourth-order valence-corrected chi connectivity index (χ4v) is 2.93. The van der Waals surface area contributed by atoms with Gasteiger partial charge in [0.05, 0.1) is 16.1 Å². The minimum absolute atomic E-state index is 0.194. The largest absolute Gasteiger partial charge is 0.459 e. The van der Waals surface area contributed by atoms with Crippen LogP contribution in [-0.4, -0.2) is 18.9 Å². The van der Waals surface area contributed by atoms with E-state index in [9.17, 15) is 14.0 Å². The molecule has 1 N–H and O–H groups in total. The van der Waals surface area contributed by atoms with Gasteiger partial charge in [-0.05, 0) is 48.5 Å². The first-order valence-electron chi connectivity index (χ1n) is 7.03. The highest BCUT2D eigenvalue weighted by Crippen LogP contribution is 2.25. The number of hydrogen-bond acceptors (Lipinski definition) is 4. The van der Waals surface area contributed by atoms with Gasteiger partial charge in [-0.15, -0.1) is 11.3 Å². The minimum atomic E-state index is -0.382. The van der Waals surface area contributed by atoms with E-state index in [4.69, 9.17) is 4.42 Å². The van der Waals surface area contributed by atoms with Crippen LogP contribution in [0.4, 0.5) is 15.1 Å². The van der Waals surface area contributed by atoms with Crippen molar-refractivity contribution in [1.82, 2.24) is 0 Å². The molecule has 5 nitrogen and oxygen atoms in total. The van der Waals surface area contributed by atoms with Gasteiger partial charge in [-0.2, -0.15) is 0 Å². The fourth-order valence-electron chi connectivity index (χ4n) is 2.05. The van der Waals surface area contributed by atoms with Crippen LogP contribution < -0.4 is 10.2 Å². The van der Waals surface area contributed by atoms with Crippen molar-refractivity contribution in [2.24, 2.45) is 0 Å². The number of amides is 2. The average Bonchev–Trinajstić information content (AvgIpc) is 3.26. The summed E-state index contributed by atoms with van der Waals surface area (Å²) < 4.78 is 18.0. The van der Waals surface area contributed by atoms with E-state index in [0.717, 1.165) is 11.3 Å². The molecule has 0 radical (unpaired) electrons. The molecule has 24 heavy (non-hydrogen) atoms. The van der Waals surface area contributed by atoms with Crippen LogP contribution in [0.5, 0.6) is 0 Å². The molecule has 1 aromatic carbocycles. The van der Waals surface area contributed by atoms with Crippen molar-refractivity contribution in [3.8, 4) is 0 Å². The zero-order valence-electron chi connectivity index (χ0n) is 12.7. The lowest BCUT2D eigenvalue weighted by atomic mass is 10.3. The Morgan fingerprint density at radius 1 is 1.12 bits per heavy atom. The summed E-state index contributed by atoms with van der Waals surface area (Å²) in [6, 6.07) is 12.1. The molecule has 0 unspecified atom stereocenters. The normalized spacial score (nSPS) is 10.4. The molecule has 0 spiro atoms. The van der Waals surface area contributed by atoms with E-state index in [1.807, 2.05) is 0 Å². The third-order valence-corrected chi connectivity index (χ3v) is 4.31. The maximum atomic E-state index is 13.0. The van der Waals surface area contributed by atoms with Gasteiger partial charge in [0.1, 0.15) is 5.82 Å². The first kappa shape index (κ1) is 15.9. The molecule has 2 heterocycles. The SMILES string of the molecule is CN(C(=O)c1ccc(NC(=O)c2ccco2)s1)c1ccc(F)cc1. The number of nitrogens with one attached hydrogen (secondary N) is 1. The molecule has 0 saturated heterocycles. The lowest BCUT2D eigenvalue weighted by Crippen LogP contribution is -2.25. The second-order valence-electron chi connectivity index (χ2n) is 4.94. The summed E-state index contributed by atoms with van der Waals surface area (Å²) in [4.78, 5) is 26.3. The van der Waals surface area contributed by atoms with Crippen molar-refractivity contribution in [3.05, 3.63) is 71.2 Å². The molecular formula is C17H13FN2O3S. The summed E-state index contributed by atoms with van der Waals surface area (Å²) >= 11 is 1.15. The number of carbonyl (C=O) groups excluding carboxylic acids is 2. The zero-order valence-corrected chi connectivity index (χ0v) is 13.5. The average molecular weight is 344 g/mol. The predicted octanol–water partition coefficient (Wildman–Crippen LogP) is 4.01. The highest BCUT2D eigenvalue weighted by Gasteiger charge is 2.17. The lowest BCUT2D eigenvalue weighted by molar-refractivity contribution is 0.0989. The topological polar surface area (TPSA) is 62.6 Å². The third kappa shape index (κ3) is 3.36. The molecule has 0 atom stereocenters. The summed E-state index contributed by atoms with van der Waals surface area (Å²) in [5.41, 5.74) is 0.580. The van der Waals surface area contributed by atoms with Crippen LogP contribution >= 0.6 is 11.3 Å². The molecule has 122 valence electrons. The van der Waals surface area contributed by atoms with Crippen molar-refractivity contribution >= 4 is 33.8 Å². The van der Waals surface area contributed by atoms with Gasteiger partial charge in [-0.3, -0.25) is 9.59 Å². The van der Waals surface area contributed by atoms with E-state index < -0.39 is 0 Å². The van der Waals surface area contributed by atoms with Crippen molar-refractivity contribution in [2.45, 2.75) is 0 Å². The fraction of sp³-hybridized carbons (Fsp3) is 0.0588. The Morgan fingerprint density at radius 3 is 2.54 bits per heavy atom. The molecule has 2 aromatic heterocycles. The molecule has 3 rings (SSSR count). The molecule has 0 saturated carbocycles. The second kappa shape index (κ2) is 6.67. The second-order valence-corrected chi connectivity index (χ2v) is 6.02. The van der Waals surface area contributed by atoms with Crippen LogP contribution in [0.3, 0.4) is 0 Å². The maximum Gasteiger partial charge on any atom is 0.291 e. The molecular weight excluding hydrogens is 331 g/mol. The quantitative estimate of drug-likeness (QED) is 0.778. The van der Waals surface area contributed by atoms with Gasteiger partial charge in [-0.25, -0.2) is 4.39 Å². The number of hydrogen-bond donors (Lipinski definition) is 1. The first-order chi connectivity index (χ1) is 11.5. The van der Waals surface area contributed by atoms with Crippen molar-refractivity contribution in [2.75, 3.05) is 17.3 Å². The number of furan rings is 1. The highest BCUT2D eigenvalue weighted by atomic mass is 32.1. The Morgan fingerprint density at radius 2 is 1.88 bits per heavy atom. The molecule has 0 bridgehead atoms. The number of rotatable bonds is 4. The van der Waals surface area contributed by atoms with Gasteiger partial charge in [0.2, 0.25) is 0 Å². The van der Waals surface area contributed by atoms with Crippen LogP contribution in [0.25, 0.3) is 0 Å². The van der Waals surface area contributed by atoms with Crippen LogP contribution in [0.15, 0.2) is 59.2 Å². The van der Waals surface area contributed by atoms with Crippen molar-refractivity contribution in [1.29, 1.82) is 0 Å². The highest BCUT2D eigenvalue weighted by molar-refractivity contribution is 7.18. The summed E-state index contributed by atoms with van der Waals surface area (Å²) in [5.74, 6) is -0.795. The standard InChI is InChI=1S/C17H13FN2O3S/c1-20(12-6-4-11(18)5-7-12)17(22)14-8-9-15(24-14)19-16(21)13-3-2-10-23-13/h2-10H,1H3,(H,19,21). The molecule has 0 aliphatic carbocycles. The van der Waals surface area contributed by atoms with Gasteiger partial charge in [0.15, 0.2) is 5.76 Å². The van der Waals surface area contributed by atoms with Crippen LogP contribution in [0, 0.1) is 5.82 Å². The van der Waals surface area contributed by atoms with E-state index >= 15 is 0 Å². The van der Waals surface area contributed by atoms with Gasteiger partial charge >= 0.3 is 0 Å². The van der Waals surface area contributed by atoms with Crippen molar-refractivity contribution < 1.29 is 18.4 Å². The Bertz CT molecular complexity index is 856. The Balaban J connectivity index is 1.71. The number of thiophene rings is 1. The summed E-state index contributed by atoms with van der Waals surface area (Å²) in [7, 11) is 1.61. The van der Waals surface area contributed by atoms with E-state index in [1.54, 1.807) is 31.3 Å². The number of carbonyl (C=O) groups is 2. The monoisotopic (exact) mass is 344 g/mol. The van der Waals surface area contributed by atoms with E-state index in [2.05, 4.69) is 5.32 Å². The Hall–Kier alpha value is -2.93. The lowest BCUT2D eigenvalue weighted by Gasteiger charge is -2.16. The van der Waals surface area contributed by atoms with Gasteiger partial charge < -0.3 is 14.6 Å². The third-order valence-electron chi connectivity index (χ3n) is 3.32. The number of halogens is 1. The van der Waals surface area contributed by atoms with Gasteiger partial charge in [0.25, 0.3) is 11.8 Å². The smallest absolute Gasteiger partial charge is 0.291 e. The summed E-state index contributed by atoms with van der Waals surface area (Å²) in [6.45, 7) is 0. The molecule has 0 fully saturated rings. The van der Waals surface area contributed by atoms with Crippen LogP contribution in [-0.2, 0) is 0 Å². The molecule has 0 aliphatic heterocycles. The number of benzene rings is 1. The number of anilines is 2. The molecule has 3 aromatic rings. The van der Waals surface area contributed by atoms with Crippen LogP contribution in [0.2, 0.25) is 0 Å². The van der Waals surface area contributed by atoms with E-state index in [-0.39, 0.29) is 23.4 Å².